The summed E-state index contributed by atoms with van der Waals surface area (Å²) in [5.41, 5.74) is 7.93. The lowest BCUT2D eigenvalue weighted by atomic mass is 10.1. The third-order valence-electron chi connectivity index (χ3n) is 2.13. The molecule has 1 unspecified atom stereocenters. The fraction of sp³-hybridized carbons (Fsp3) is 0.250. The Morgan fingerprint density at radius 2 is 2.40 bits per heavy atom. The quantitative estimate of drug-likeness (QED) is 0.852. The van der Waals surface area contributed by atoms with E-state index in [-0.39, 0.29) is 6.04 Å². The van der Waals surface area contributed by atoms with Gasteiger partial charge in [-0.2, -0.15) is 0 Å². The molecular formula is C12H15BrN2. The predicted molar refractivity (Wildman–Crippen MR) is 67.7 cm³/mol. The molecule has 0 aliphatic rings. The van der Waals surface area contributed by atoms with Crippen LogP contribution in [0.1, 0.15) is 11.3 Å². The summed E-state index contributed by atoms with van der Waals surface area (Å²) in [5, 5.41) is 0. The highest BCUT2D eigenvalue weighted by Crippen LogP contribution is 2.14. The van der Waals surface area contributed by atoms with E-state index in [2.05, 4.69) is 33.6 Å². The largest absolute Gasteiger partial charge is 0.321 e. The highest BCUT2D eigenvalue weighted by atomic mass is 79.9. The molecule has 0 aliphatic carbocycles. The van der Waals surface area contributed by atoms with E-state index in [0.717, 1.165) is 16.6 Å². The molecule has 0 aliphatic heterocycles. The average molecular weight is 267 g/mol. The van der Waals surface area contributed by atoms with Gasteiger partial charge in [0.2, 0.25) is 0 Å². The molecule has 0 saturated heterocycles. The maximum atomic E-state index is 5.68. The number of halogens is 1. The Balaban J connectivity index is 2.68. The lowest BCUT2D eigenvalue weighted by Crippen LogP contribution is -2.12. The van der Waals surface area contributed by atoms with E-state index in [1.807, 2.05) is 19.1 Å². The van der Waals surface area contributed by atoms with Crippen LogP contribution in [0.25, 0.3) is 0 Å². The van der Waals surface area contributed by atoms with Crippen molar-refractivity contribution in [2.45, 2.75) is 19.4 Å². The number of allylic oxidation sites excluding steroid dienone is 1. The fourth-order valence-electron chi connectivity index (χ4n) is 1.19. The number of pyridine rings is 1. The van der Waals surface area contributed by atoms with E-state index in [9.17, 15) is 0 Å². The van der Waals surface area contributed by atoms with Crippen LogP contribution in [0.3, 0.4) is 0 Å². The van der Waals surface area contributed by atoms with Gasteiger partial charge in [-0.3, -0.25) is 4.98 Å². The summed E-state index contributed by atoms with van der Waals surface area (Å²) in [7, 11) is 0. The SMILES string of the molecule is C=CC(N)/C=C\Cc1cc(Br)cnc1C. The predicted octanol–water partition coefficient (Wildman–Crippen LogP) is 2.76. The molecule has 0 aromatic carbocycles. The molecule has 0 bridgehead atoms. The maximum absolute atomic E-state index is 5.68. The van der Waals surface area contributed by atoms with E-state index < -0.39 is 0 Å². The van der Waals surface area contributed by atoms with Gasteiger partial charge in [-0.15, -0.1) is 6.58 Å². The van der Waals surface area contributed by atoms with Gasteiger partial charge in [0, 0.05) is 22.4 Å². The average Bonchev–Trinajstić information content (AvgIpc) is 2.23. The minimum atomic E-state index is -0.0644. The zero-order valence-corrected chi connectivity index (χ0v) is 10.4. The number of aryl methyl sites for hydroxylation is 1. The standard InChI is InChI=1S/C12H15BrN2/c1-3-12(14)6-4-5-10-7-11(13)8-15-9(10)2/h3-4,6-8,12H,1,5,14H2,2H3/b6-4-. The maximum Gasteiger partial charge on any atom is 0.0413 e. The van der Waals surface area contributed by atoms with E-state index >= 15 is 0 Å². The first-order chi connectivity index (χ1) is 7.13. The summed E-state index contributed by atoms with van der Waals surface area (Å²) < 4.78 is 1.00. The van der Waals surface area contributed by atoms with Crippen molar-refractivity contribution in [2.75, 3.05) is 0 Å². The molecule has 1 heterocycles. The third kappa shape index (κ3) is 3.98. The van der Waals surface area contributed by atoms with Crippen molar-refractivity contribution in [3.05, 3.63) is 52.8 Å². The minimum absolute atomic E-state index is 0.0644. The Morgan fingerprint density at radius 1 is 1.67 bits per heavy atom. The van der Waals surface area contributed by atoms with Crippen molar-refractivity contribution in [3.8, 4) is 0 Å². The van der Waals surface area contributed by atoms with E-state index in [1.165, 1.54) is 5.56 Å². The summed E-state index contributed by atoms with van der Waals surface area (Å²) >= 11 is 3.40. The lowest BCUT2D eigenvalue weighted by molar-refractivity contribution is 1.01. The molecule has 0 spiro atoms. The molecule has 15 heavy (non-hydrogen) atoms. The van der Waals surface area contributed by atoms with Crippen LogP contribution < -0.4 is 5.73 Å². The minimum Gasteiger partial charge on any atom is -0.321 e. The third-order valence-corrected chi connectivity index (χ3v) is 2.56. The van der Waals surface area contributed by atoms with Gasteiger partial charge in [-0.05, 0) is 40.9 Å². The Morgan fingerprint density at radius 3 is 3.07 bits per heavy atom. The summed E-state index contributed by atoms with van der Waals surface area (Å²) in [6.07, 6.45) is 8.34. The lowest BCUT2D eigenvalue weighted by Gasteiger charge is -2.02. The second-order valence-corrected chi connectivity index (χ2v) is 4.26. The molecule has 1 aromatic heterocycles. The highest BCUT2D eigenvalue weighted by molar-refractivity contribution is 9.10. The number of rotatable bonds is 4. The number of nitrogens with zero attached hydrogens (tertiary/aromatic N) is 1. The van der Waals surface area contributed by atoms with Gasteiger partial charge < -0.3 is 5.73 Å². The van der Waals surface area contributed by atoms with Gasteiger partial charge in [-0.1, -0.05) is 18.2 Å². The number of nitrogens with two attached hydrogens (primary N) is 1. The van der Waals surface area contributed by atoms with Crippen LogP contribution in [-0.4, -0.2) is 11.0 Å². The van der Waals surface area contributed by atoms with E-state index in [1.54, 1.807) is 12.3 Å². The van der Waals surface area contributed by atoms with E-state index in [0.29, 0.717) is 0 Å². The van der Waals surface area contributed by atoms with Gasteiger partial charge in [-0.25, -0.2) is 0 Å². The van der Waals surface area contributed by atoms with Crippen LogP contribution in [0, 0.1) is 6.92 Å². The molecule has 0 saturated carbocycles. The van der Waals surface area contributed by atoms with Crippen LogP contribution in [0.2, 0.25) is 0 Å². The first-order valence-electron chi connectivity index (χ1n) is 4.79. The first kappa shape index (κ1) is 12.1. The molecule has 2 N–H and O–H groups in total. The fourth-order valence-corrected chi connectivity index (χ4v) is 1.57. The Labute approximate surface area is 99.0 Å². The number of aromatic nitrogens is 1. The molecular weight excluding hydrogens is 252 g/mol. The molecule has 0 amide bonds. The zero-order chi connectivity index (χ0) is 11.3. The van der Waals surface area contributed by atoms with Gasteiger partial charge in [0.05, 0.1) is 0 Å². The van der Waals surface area contributed by atoms with Gasteiger partial charge in [0.1, 0.15) is 0 Å². The van der Waals surface area contributed by atoms with Gasteiger partial charge in [0.15, 0.2) is 0 Å². The molecule has 1 aromatic rings. The Kier molecular flexibility index (Phi) is 4.72. The van der Waals surface area contributed by atoms with Crippen molar-refractivity contribution in [1.82, 2.24) is 4.98 Å². The Hall–Kier alpha value is -0.930. The zero-order valence-electron chi connectivity index (χ0n) is 8.78. The smallest absolute Gasteiger partial charge is 0.0413 e. The molecule has 3 heteroatoms. The van der Waals surface area contributed by atoms with E-state index in [4.69, 9.17) is 5.73 Å². The van der Waals surface area contributed by atoms with Crippen LogP contribution >= 0.6 is 15.9 Å². The second kappa shape index (κ2) is 5.83. The summed E-state index contributed by atoms with van der Waals surface area (Å²) in [6, 6.07) is 2.01. The molecule has 0 fully saturated rings. The number of hydrogen-bond acceptors (Lipinski definition) is 2. The summed E-state index contributed by atoms with van der Waals surface area (Å²) in [5.74, 6) is 0. The summed E-state index contributed by atoms with van der Waals surface area (Å²) in [6.45, 7) is 5.62. The Bertz CT molecular complexity index is 372. The highest BCUT2D eigenvalue weighted by Gasteiger charge is 1.98. The van der Waals surface area contributed by atoms with Crippen LogP contribution in [0.15, 0.2) is 41.5 Å². The van der Waals surface area contributed by atoms with Crippen LogP contribution in [0.5, 0.6) is 0 Å². The molecule has 0 radical (unpaired) electrons. The normalized spacial score (nSPS) is 13.0. The molecule has 1 atom stereocenters. The van der Waals surface area contributed by atoms with Crippen molar-refractivity contribution < 1.29 is 0 Å². The van der Waals surface area contributed by atoms with Gasteiger partial charge in [0.25, 0.3) is 0 Å². The summed E-state index contributed by atoms with van der Waals surface area (Å²) in [4.78, 5) is 4.26. The van der Waals surface area contributed by atoms with Crippen molar-refractivity contribution in [3.63, 3.8) is 0 Å². The van der Waals surface area contributed by atoms with Crippen molar-refractivity contribution >= 4 is 15.9 Å². The molecule has 1 rings (SSSR count). The van der Waals surface area contributed by atoms with Crippen molar-refractivity contribution in [2.24, 2.45) is 5.73 Å². The van der Waals surface area contributed by atoms with Gasteiger partial charge >= 0.3 is 0 Å². The monoisotopic (exact) mass is 266 g/mol. The van der Waals surface area contributed by atoms with Crippen LogP contribution in [0.4, 0.5) is 0 Å². The topological polar surface area (TPSA) is 38.9 Å². The van der Waals surface area contributed by atoms with Crippen molar-refractivity contribution in [1.29, 1.82) is 0 Å². The molecule has 80 valence electrons. The first-order valence-corrected chi connectivity index (χ1v) is 5.58. The number of hydrogen-bond donors (Lipinski definition) is 1. The molecule has 2 nitrogen and oxygen atoms in total. The van der Waals surface area contributed by atoms with Crippen LogP contribution in [-0.2, 0) is 6.42 Å². The second-order valence-electron chi connectivity index (χ2n) is 3.34.